The number of nitrogens with zero attached hydrogens (tertiary/aromatic N) is 2. The Balaban J connectivity index is 1.72. The van der Waals surface area contributed by atoms with Crippen molar-refractivity contribution in [1.29, 1.82) is 0 Å². The first-order chi connectivity index (χ1) is 9.15. The molecule has 1 aliphatic heterocycles. The molecule has 1 aromatic carbocycles. The van der Waals surface area contributed by atoms with Crippen molar-refractivity contribution in [2.45, 2.75) is 19.3 Å². The van der Waals surface area contributed by atoms with E-state index in [1.165, 1.54) is 5.56 Å². The van der Waals surface area contributed by atoms with E-state index in [0.29, 0.717) is 18.2 Å². The van der Waals surface area contributed by atoms with E-state index in [1.54, 1.807) is 0 Å². The lowest BCUT2D eigenvalue weighted by Gasteiger charge is -2.32. The van der Waals surface area contributed by atoms with Gasteiger partial charge in [0, 0.05) is 33.1 Å². The number of carbonyl (C=O) groups is 1. The molecule has 0 saturated carbocycles. The van der Waals surface area contributed by atoms with Crippen LogP contribution in [0.1, 0.15) is 18.4 Å². The van der Waals surface area contributed by atoms with Crippen LogP contribution in [0.2, 0.25) is 0 Å². The maximum absolute atomic E-state index is 11.4. The van der Waals surface area contributed by atoms with Crippen molar-refractivity contribution in [2.75, 3.05) is 33.7 Å². The second kappa shape index (κ2) is 6.71. The van der Waals surface area contributed by atoms with Crippen molar-refractivity contribution in [1.82, 2.24) is 9.80 Å². The summed E-state index contributed by atoms with van der Waals surface area (Å²) in [6.45, 7) is 3.08. The predicted molar refractivity (Wildman–Crippen MR) is 78.0 cm³/mol. The van der Waals surface area contributed by atoms with Gasteiger partial charge in [-0.15, -0.1) is 0 Å². The van der Waals surface area contributed by atoms with Crippen LogP contribution in [0.4, 0.5) is 0 Å². The largest absolute Gasteiger partial charge is 0.345 e. The lowest BCUT2D eigenvalue weighted by atomic mass is 9.97. The number of benzene rings is 1. The highest BCUT2D eigenvalue weighted by Crippen LogP contribution is 2.17. The number of hydrogen-bond donors (Lipinski definition) is 0. The third-order valence-electron chi connectivity index (χ3n) is 3.92. The zero-order valence-corrected chi connectivity index (χ0v) is 12.0. The molecule has 0 N–H and O–H groups in total. The van der Waals surface area contributed by atoms with Gasteiger partial charge in [0.1, 0.15) is 0 Å². The number of likely N-dealkylation sites (N-methyl/N-ethyl adjacent to an activating group) is 1. The fourth-order valence-electron chi connectivity index (χ4n) is 2.74. The average Bonchev–Trinajstić information content (AvgIpc) is 2.42. The summed E-state index contributed by atoms with van der Waals surface area (Å²) in [6, 6.07) is 10.6. The van der Waals surface area contributed by atoms with Crippen molar-refractivity contribution in [3.05, 3.63) is 35.9 Å². The van der Waals surface area contributed by atoms with Crippen LogP contribution < -0.4 is 0 Å². The van der Waals surface area contributed by atoms with Gasteiger partial charge >= 0.3 is 0 Å². The van der Waals surface area contributed by atoms with Crippen LogP contribution in [0.25, 0.3) is 0 Å². The van der Waals surface area contributed by atoms with E-state index < -0.39 is 0 Å². The first-order valence-corrected chi connectivity index (χ1v) is 7.11. The van der Waals surface area contributed by atoms with Gasteiger partial charge in [0.15, 0.2) is 0 Å². The molecule has 2 rings (SSSR count). The molecular weight excluding hydrogens is 236 g/mol. The van der Waals surface area contributed by atoms with Crippen LogP contribution in [-0.4, -0.2) is 49.4 Å². The first kappa shape index (κ1) is 14.1. The second-order valence-corrected chi connectivity index (χ2v) is 5.68. The number of rotatable bonds is 5. The number of amides is 1. The highest BCUT2D eigenvalue weighted by atomic mass is 16.2. The molecule has 104 valence electrons. The molecule has 1 amide bonds. The van der Waals surface area contributed by atoms with E-state index in [1.807, 2.05) is 11.9 Å². The first-order valence-electron chi connectivity index (χ1n) is 7.11. The van der Waals surface area contributed by atoms with Crippen LogP contribution in [0.15, 0.2) is 30.3 Å². The van der Waals surface area contributed by atoms with Gasteiger partial charge in [0.2, 0.25) is 5.91 Å². The smallest absolute Gasteiger partial charge is 0.222 e. The Kier molecular flexibility index (Phi) is 4.97. The third-order valence-corrected chi connectivity index (χ3v) is 3.92. The third kappa shape index (κ3) is 4.35. The topological polar surface area (TPSA) is 23.6 Å². The SMILES string of the molecule is CN(CCc1ccccc1)CC1CCC(=O)N(C)C1. The Morgan fingerprint density at radius 1 is 1.32 bits per heavy atom. The molecule has 1 aromatic rings. The Bertz CT molecular complexity index is 404. The van der Waals surface area contributed by atoms with E-state index in [9.17, 15) is 4.79 Å². The highest BCUT2D eigenvalue weighted by Gasteiger charge is 2.23. The van der Waals surface area contributed by atoms with Gasteiger partial charge < -0.3 is 9.80 Å². The predicted octanol–water partition coefficient (Wildman–Crippen LogP) is 2.03. The summed E-state index contributed by atoms with van der Waals surface area (Å²) in [5.41, 5.74) is 1.39. The maximum Gasteiger partial charge on any atom is 0.222 e. The average molecular weight is 260 g/mol. The normalized spacial score (nSPS) is 20.1. The van der Waals surface area contributed by atoms with Crippen molar-refractivity contribution in [3.63, 3.8) is 0 Å². The summed E-state index contributed by atoms with van der Waals surface area (Å²) in [7, 11) is 4.10. The molecule has 1 atom stereocenters. The summed E-state index contributed by atoms with van der Waals surface area (Å²) in [4.78, 5) is 15.7. The van der Waals surface area contributed by atoms with Crippen LogP contribution >= 0.6 is 0 Å². The lowest BCUT2D eigenvalue weighted by Crippen LogP contribution is -2.41. The molecule has 0 spiro atoms. The van der Waals surface area contributed by atoms with Gasteiger partial charge in [-0.2, -0.15) is 0 Å². The quantitative estimate of drug-likeness (QED) is 0.809. The zero-order chi connectivity index (χ0) is 13.7. The molecule has 3 nitrogen and oxygen atoms in total. The van der Waals surface area contributed by atoms with Gasteiger partial charge in [-0.05, 0) is 31.4 Å². The molecule has 1 saturated heterocycles. The molecule has 1 unspecified atom stereocenters. The monoisotopic (exact) mass is 260 g/mol. The molecule has 0 aromatic heterocycles. The molecule has 1 heterocycles. The van der Waals surface area contributed by atoms with Crippen LogP contribution in [0.3, 0.4) is 0 Å². The van der Waals surface area contributed by atoms with E-state index in [0.717, 1.165) is 32.5 Å². The molecular formula is C16H24N2O. The Labute approximate surface area is 116 Å². The molecule has 1 aliphatic rings. The summed E-state index contributed by atoms with van der Waals surface area (Å²) < 4.78 is 0. The van der Waals surface area contributed by atoms with Crippen LogP contribution in [0.5, 0.6) is 0 Å². The summed E-state index contributed by atoms with van der Waals surface area (Å²) in [5, 5.41) is 0. The van der Waals surface area contributed by atoms with E-state index >= 15 is 0 Å². The van der Waals surface area contributed by atoms with E-state index in [-0.39, 0.29) is 0 Å². The van der Waals surface area contributed by atoms with Gasteiger partial charge in [-0.25, -0.2) is 0 Å². The molecule has 1 fully saturated rings. The Hall–Kier alpha value is -1.35. The fourth-order valence-corrected chi connectivity index (χ4v) is 2.74. The molecule has 0 aliphatic carbocycles. The fraction of sp³-hybridized carbons (Fsp3) is 0.562. The minimum atomic E-state index is 0.295. The van der Waals surface area contributed by atoms with Crippen molar-refractivity contribution in [2.24, 2.45) is 5.92 Å². The Morgan fingerprint density at radius 2 is 2.05 bits per heavy atom. The van der Waals surface area contributed by atoms with Gasteiger partial charge in [-0.3, -0.25) is 4.79 Å². The van der Waals surface area contributed by atoms with E-state index in [4.69, 9.17) is 0 Å². The summed E-state index contributed by atoms with van der Waals surface area (Å²) >= 11 is 0. The van der Waals surface area contributed by atoms with Gasteiger partial charge in [-0.1, -0.05) is 30.3 Å². The number of hydrogen-bond acceptors (Lipinski definition) is 2. The molecule has 19 heavy (non-hydrogen) atoms. The molecule has 0 radical (unpaired) electrons. The van der Waals surface area contributed by atoms with Gasteiger partial charge in [0.25, 0.3) is 0 Å². The second-order valence-electron chi connectivity index (χ2n) is 5.68. The lowest BCUT2D eigenvalue weighted by molar-refractivity contribution is -0.133. The van der Waals surface area contributed by atoms with Crippen LogP contribution in [0, 0.1) is 5.92 Å². The maximum atomic E-state index is 11.4. The van der Waals surface area contributed by atoms with Gasteiger partial charge in [0.05, 0.1) is 0 Å². The Morgan fingerprint density at radius 3 is 2.74 bits per heavy atom. The number of piperidine rings is 1. The number of carbonyl (C=O) groups excluding carboxylic acids is 1. The number of likely N-dealkylation sites (tertiary alicyclic amines) is 1. The van der Waals surface area contributed by atoms with Crippen molar-refractivity contribution >= 4 is 5.91 Å². The molecule has 0 bridgehead atoms. The minimum Gasteiger partial charge on any atom is -0.345 e. The van der Waals surface area contributed by atoms with Crippen molar-refractivity contribution < 1.29 is 4.79 Å². The van der Waals surface area contributed by atoms with Crippen LogP contribution in [-0.2, 0) is 11.2 Å². The van der Waals surface area contributed by atoms with E-state index in [2.05, 4.69) is 42.3 Å². The standard InChI is InChI=1S/C16H24N2O/c1-17(11-10-14-6-4-3-5-7-14)12-15-8-9-16(19)18(2)13-15/h3-7,15H,8-13H2,1-2H3. The summed E-state index contributed by atoms with van der Waals surface area (Å²) in [6.07, 6.45) is 2.85. The highest BCUT2D eigenvalue weighted by molar-refractivity contribution is 5.76. The van der Waals surface area contributed by atoms with Crippen molar-refractivity contribution in [3.8, 4) is 0 Å². The minimum absolute atomic E-state index is 0.295. The molecule has 3 heteroatoms. The summed E-state index contributed by atoms with van der Waals surface area (Å²) in [5.74, 6) is 0.923. The zero-order valence-electron chi connectivity index (χ0n) is 12.0.